The average Bonchev–Trinajstić information content (AvgIpc) is 2.89. The highest BCUT2D eigenvalue weighted by Crippen LogP contribution is 2.39. The van der Waals surface area contributed by atoms with Crippen molar-refractivity contribution in [2.45, 2.75) is 25.3 Å². The molecule has 1 aliphatic carbocycles. The fourth-order valence-electron chi connectivity index (χ4n) is 1.48. The summed E-state index contributed by atoms with van der Waals surface area (Å²) in [6, 6.07) is 0. The number of nitrogens with zero attached hydrogens (tertiary/aromatic N) is 2. The van der Waals surface area contributed by atoms with Crippen LogP contribution in [0, 0.1) is 0 Å². The minimum atomic E-state index is 0.725. The Morgan fingerprint density at radius 2 is 2.46 bits per heavy atom. The summed E-state index contributed by atoms with van der Waals surface area (Å²) < 4.78 is 3.36. The van der Waals surface area contributed by atoms with Gasteiger partial charge >= 0.3 is 0 Å². The summed E-state index contributed by atoms with van der Waals surface area (Å²) in [5.74, 6) is 1.98. The Kier molecular flexibility index (Phi) is 2.69. The maximum absolute atomic E-state index is 4.42. The quantitative estimate of drug-likeness (QED) is 0.874. The van der Waals surface area contributed by atoms with E-state index in [2.05, 4.69) is 30.8 Å². The second kappa shape index (κ2) is 3.80. The van der Waals surface area contributed by atoms with Crippen molar-refractivity contribution in [2.24, 2.45) is 0 Å². The molecule has 3 nitrogen and oxygen atoms in total. The molecule has 1 aromatic rings. The Labute approximate surface area is 86.7 Å². The van der Waals surface area contributed by atoms with E-state index in [1.165, 1.54) is 18.7 Å². The fraction of sp³-hybridized carbons (Fsp3) is 0.667. The lowest BCUT2D eigenvalue weighted by Gasteiger charge is -2.07. The number of hydrogen-bond acceptors (Lipinski definition) is 2. The predicted molar refractivity (Wildman–Crippen MR) is 55.8 cm³/mol. The summed E-state index contributed by atoms with van der Waals surface area (Å²) in [5.41, 5.74) is 0. The van der Waals surface area contributed by atoms with Crippen LogP contribution >= 0.6 is 15.9 Å². The van der Waals surface area contributed by atoms with Crippen LogP contribution in [0.25, 0.3) is 0 Å². The van der Waals surface area contributed by atoms with Crippen molar-refractivity contribution in [3.05, 3.63) is 16.6 Å². The molecule has 72 valence electrons. The second-order valence-corrected chi connectivity index (χ2v) is 4.28. The molecule has 0 radical (unpaired) electrons. The molecule has 1 heterocycles. The third-order valence-corrected chi connectivity index (χ3v) is 3.00. The van der Waals surface area contributed by atoms with E-state index in [1.807, 2.05) is 13.2 Å². The van der Waals surface area contributed by atoms with E-state index in [9.17, 15) is 0 Å². The van der Waals surface area contributed by atoms with E-state index >= 15 is 0 Å². The van der Waals surface area contributed by atoms with Gasteiger partial charge in [-0.1, -0.05) is 0 Å². The topological polar surface area (TPSA) is 29.9 Å². The van der Waals surface area contributed by atoms with Gasteiger partial charge in [0.05, 0.1) is 6.20 Å². The monoisotopic (exact) mass is 243 g/mol. The maximum atomic E-state index is 4.42. The molecule has 0 unspecified atom stereocenters. The zero-order valence-electron chi connectivity index (χ0n) is 7.76. The van der Waals surface area contributed by atoms with E-state index in [1.54, 1.807) is 0 Å². The third-order valence-electron chi connectivity index (χ3n) is 2.37. The number of nitrogens with one attached hydrogen (secondary N) is 1. The summed E-state index contributed by atoms with van der Waals surface area (Å²) >= 11 is 3.52. The Morgan fingerprint density at radius 1 is 1.69 bits per heavy atom. The zero-order valence-corrected chi connectivity index (χ0v) is 9.34. The number of aromatic nitrogens is 2. The highest BCUT2D eigenvalue weighted by molar-refractivity contribution is 9.10. The van der Waals surface area contributed by atoms with Crippen molar-refractivity contribution in [3.63, 3.8) is 0 Å². The van der Waals surface area contributed by atoms with E-state index in [-0.39, 0.29) is 0 Å². The summed E-state index contributed by atoms with van der Waals surface area (Å²) in [7, 11) is 1.97. The molecule has 1 aliphatic rings. The zero-order chi connectivity index (χ0) is 9.26. The van der Waals surface area contributed by atoms with Gasteiger partial charge in [0, 0.05) is 19.0 Å². The van der Waals surface area contributed by atoms with Crippen LogP contribution in [0.2, 0.25) is 0 Å². The van der Waals surface area contributed by atoms with Crippen LogP contribution in [0.15, 0.2) is 10.8 Å². The van der Waals surface area contributed by atoms with Crippen LogP contribution in [0.3, 0.4) is 0 Å². The van der Waals surface area contributed by atoms with E-state index < -0.39 is 0 Å². The summed E-state index contributed by atoms with van der Waals surface area (Å²) in [5, 5.41) is 3.15. The van der Waals surface area contributed by atoms with Gasteiger partial charge in [-0.2, -0.15) is 0 Å². The Balaban J connectivity index is 2.14. The SMILES string of the molecule is CNCCn1c(Br)cnc1C1CC1. The first-order valence-corrected chi connectivity index (χ1v) is 5.47. The number of likely N-dealkylation sites (N-methyl/N-ethyl adjacent to an activating group) is 1. The molecule has 4 heteroatoms. The van der Waals surface area contributed by atoms with Gasteiger partial charge in [0.2, 0.25) is 0 Å². The Morgan fingerprint density at radius 3 is 3.08 bits per heavy atom. The minimum Gasteiger partial charge on any atom is -0.321 e. The average molecular weight is 244 g/mol. The molecule has 0 amide bonds. The Hall–Kier alpha value is -0.350. The molecule has 1 aromatic heterocycles. The molecule has 0 bridgehead atoms. The lowest BCUT2D eigenvalue weighted by molar-refractivity contribution is 0.607. The Bertz CT molecular complexity index is 291. The molecule has 0 atom stereocenters. The van der Waals surface area contributed by atoms with E-state index in [4.69, 9.17) is 0 Å². The number of hydrogen-bond donors (Lipinski definition) is 1. The van der Waals surface area contributed by atoms with Gasteiger partial charge in [0.1, 0.15) is 10.4 Å². The van der Waals surface area contributed by atoms with Crippen molar-refractivity contribution >= 4 is 15.9 Å². The summed E-state index contributed by atoms with van der Waals surface area (Å²) in [6.07, 6.45) is 4.52. The lowest BCUT2D eigenvalue weighted by Crippen LogP contribution is -2.16. The largest absolute Gasteiger partial charge is 0.321 e. The molecule has 0 aliphatic heterocycles. The third kappa shape index (κ3) is 1.94. The van der Waals surface area contributed by atoms with Crippen LogP contribution < -0.4 is 5.32 Å². The highest BCUT2D eigenvalue weighted by Gasteiger charge is 2.28. The van der Waals surface area contributed by atoms with Crippen LogP contribution in [0.4, 0.5) is 0 Å². The molecule has 1 N–H and O–H groups in total. The van der Waals surface area contributed by atoms with Gasteiger partial charge < -0.3 is 9.88 Å². The summed E-state index contributed by atoms with van der Waals surface area (Å²) in [4.78, 5) is 4.42. The molecule has 2 rings (SSSR count). The number of rotatable bonds is 4. The first kappa shape index (κ1) is 9.21. The molecule has 0 spiro atoms. The summed E-state index contributed by atoms with van der Waals surface area (Å²) in [6.45, 7) is 2.00. The van der Waals surface area contributed by atoms with Crippen LogP contribution in [0.1, 0.15) is 24.6 Å². The first-order valence-electron chi connectivity index (χ1n) is 4.68. The van der Waals surface area contributed by atoms with Gasteiger partial charge in [0.15, 0.2) is 0 Å². The smallest absolute Gasteiger partial charge is 0.112 e. The van der Waals surface area contributed by atoms with Crippen molar-refractivity contribution in [3.8, 4) is 0 Å². The van der Waals surface area contributed by atoms with Crippen molar-refractivity contribution < 1.29 is 0 Å². The second-order valence-electron chi connectivity index (χ2n) is 3.47. The highest BCUT2D eigenvalue weighted by atomic mass is 79.9. The minimum absolute atomic E-state index is 0.725. The molecule has 0 aromatic carbocycles. The number of halogens is 1. The van der Waals surface area contributed by atoms with Gasteiger partial charge in [-0.05, 0) is 35.8 Å². The maximum Gasteiger partial charge on any atom is 0.112 e. The lowest BCUT2D eigenvalue weighted by atomic mass is 10.4. The van der Waals surface area contributed by atoms with Crippen LogP contribution in [0.5, 0.6) is 0 Å². The molecule has 0 saturated heterocycles. The molecule has 1 fully saturated rings. The van der Waals surface area contributed by atoms with Gasteiger partial charge in [-0.3, -0.25) is 0 Å². The van der Waals surface area contributed by atoms with Crippen LogP contribution in [-0.4, -0.2) is 23.1 Å². The van der Waals surface area contributed by atoms with Gasteiger partial charge in [-0.15, -0.1) is 0 Å². The van der Waals surface area contributed by atoms with Crippen molar-refractivity contribution in [2.75, 3.05) is 13.6 Å². The van der Waals surface area contributed by atoms with Crippen molar-refractivity contribution in [1.82, 2.24) is 14.9 Å². The van der Waals surface area contributed by atoms with Gasteiger partial charge in [-0.25, -0.2) is 4.98 Å². The molecule has 13 heavy (non-hydrogen) atoms. The van der Waals surface area contributed by atoms with Crippen molar-refractivity contribution in [1.29, 1.82) is 0 Å². The number of imidazole rings is 1. The predicted octanol–water partition coefficient (Wildman–Crippen LogP) is 1.74. The molecular weight excluding hydrogens is 230 g/mol. The fourth-order valence-corrected chi connectivity index (χ4v) is 1.94. The van der Waals surface area contributed by atoms with Gasteiger partial charge in [0.25, 0.3) is 0 Å². The molecular formula is C9H14BrN3. The normalized spacial score (nSPS) is 16.5. The first-order chi connectivity index (χ1) is 6.33. The molecule has 1 saturated carbocycles. The van der Waals surface area contributed by atoms with Crippen LogP contribution in [-0.2, 0) is 6.54 Å². The van der Waals surface area contributed by atoms with E-state index in [0.717, 1.165) is 23.6 Å². The standard InChI is InChI=1S/C9H14BrN3/c1-11-4-5-13-8(10)6-12-9(13)7-2-3-7/h6-7,11H,2-5H2,1H3. The van der Waals surface area contributed by atoms with E-state index in [0.29, 0.717) is 0 Å².